The third kappa shape index (κ3) is 1.61. The molecule has 0 radical (unpaired) electrons. The van der Waals surface area contributed by atoms with Gasteiger partial charge in [-0.15, -0.1) is 0 Å². The van der Waals surface area contributed by atoms with Crippen LogP contribution in [0, 0.1) is 6.92 Å². The molecule has 1 aromatic carbocycles. The van der Waals surface area contributed by atoms with Gasteiger partial charge in [-0.3, -0.25) is 0 Å². The van der Waals surface area contributed by atoms with Crippen LogP contribution in [-0.4, -0.2) is 27.3 Å². The summed E-state index contributed by atoms with van der Waals surface area (Å²) in [6.45, 7) is 1.87. The summed E-state index contributed by atoms with van der Waals surface area (Å²) in [5.74, 6) is 0.743. The number of hydrogen-bond acceptors (Lipinski definition) is 4. The molecule has 0 unspecified atom stereocenters. The molecule has 0 saturated carbocycles. The number of nitrogens with one attached hydrogen (secondary N) is 1. The molecule has 0 fully saturated rings. The van der Waals surface area contributed by atoms with E-state index in [1.165, 1.54) is 4.68 Å². The van der Waals surface area contributed by atoms with Gasteiger partial charge in [0.05, 0.1) is 12.8 Å². The summed E-state index contributed by atoms with van der Waals surface area (Å²) in [4.78, 5) is 11.3. The Morgan fingerprint density at radius 3 is 2.80 bits per heavy atom. The summed E-state index contributed by atoms with van der Waals surface area (Å²) in [5.41, 5.74) is 1.23. The molecule has 2 rings (SSSR count). The highest BCUT2D eigenvalue weighted by atomic mass is 16.5. The Morgan fingerprint density at radius 2 is 2.27 bits per heavy atom. The Kier molecular flexibility index (Phi) is 2.24. The molecule has 0 aliphatic carbocycles. The first-order chi connectivity index (χ1) is 7.22. The van der Waals surface area contributed by atoms with Crippen molar-refractivity contribution in [3.63, 3.8) is 0 Å². The average molecular weight is 206 g/mol. The zero-order valence-electron chi connectivity index (χ0n) is 8.39. The van der Waals surface area contributed by atoms with Crippen LogP contribution in [0.3, 0.4) is 0 Å². The molecule has 0 aliphatic rings. The molecule has 0 saturated heterocycles. The molecule has 6 heteroatoms. The average Bonchev–Trinajstić information content (AvgIpc) is 2.64. The zero-order valence-corrected chi connectivity index (χ0v) is 8.39. The highest BCUT2D eigenvalue weighted by molar-refractivity contribution is 5.43. The number of ether oxygens (including phenoxy) is 1. The normalized spacial score (nSPS) is 10.3. The van der Waals surface area contributed by atoms with E-state index in [1.807, 2.05) is 13.0 Å². The molecule has 78 valence electrons. The molecule has 1 aromatic heterocycles. The van der Waals surface area contributed by atoms with E-state index < -0.39 is 0 Å². The van der Waals surface area contributed by atoms with Gasteiger partial charge in [-0.2, -0.15) is 4.68 Å². The minimum absolute atomic E-state index is 0.358. The van der Waals surface area contributed by atoms with E-state index in [0.29, 0.717) is 5.69 Å². The van der Waals surface area contributed by atoms with Crippen LogP contribution in [0.2, 0.25) is 0 Å². The summed E-state index contributed by atoms with van der Waals surface area (Å²) in [6, 6.07) is 5.36. The number of rotatable bonds is 2. The zero-order chi connectivity index (χ0) is 10.8. The molecule has 1 heterocycles. The number of benzene rings is 1. The molecular formula is C9H10N4O2. The highest BCUT2D eigenvalue weighted by Crippen LogP contribution is 2.18. The summed E-state index contributed by atoms with van der Waals surface area (Å²) in [7, 11) is 1.59. The van der Waals surface area contributed by atoms with Gasteiger partial charge in [-0.1, -0.05) is 0 Å². The van der Waals surface area contributed by atoms with Crippen LogP contribution in [0.15, 0.2) is 23.0 Å². The van der Waals surface area contributed by atoms with E-state index >= 15 is 0 Å². The number of H-pyrrole nitrogens is 1. The van der Waals surface area contributed by atoms with E-state index in [1.54, 1.807) is 19.2 Å². The Bertz CT molecular complexity index is 529. The lowest BCUT2D eigenvalue weighted by atomic mass is 10.2. The van der Waals surface area contributed by atoms with Crippen LogP contribution in [-0.2, 0) is 0 Å². The van der Waals surface area contributed by atoms with Gasteiger partial charge >= 0.3 is 5.69 Å². The molecular weight excluding hydrogens is 196 g/mol. The highest BCUT2D eigenvalue weighted by Gasteiger charge is 2.06. The van der Waals surface area contributed by atoms with E-state index in [0.717, 1.165) is 11.3 Å². The molecule has 0 spiro atoms. The Hall–Kier alpha value is -2.11. The maximum absolute atomic E-state index is 11.3. The maximum atomic E-state index is 11.3. The van der Waals surface area contributed by atoms with Gasteiger partial charge in [0.25, 0.3) is 0 Å². The summed E-state index contributed by atoms with van der Waals surface area (Å²) < 4.78 is 6.27. The first kappa shape index (κ1) is 9.45. The lowest BCUT2D eigenvalue weighted by Crippen LogP contribution is -2.16. The number of aromatic nitrogens is 4. The number of aromatic amines is 1. The van der Waals surface area contributed by atoms with Crippen molar-refractivity contribution in [2.45, 2.75) is 6.92 Å². The van der Waals surface area contributed by atoms with Gasteiger partial charge in [-0.05, 0) is 41.1 Å². The van der Waals surface area contributed by atoms with Crippen molar-refractivity contribution in [1.29, 1.82) is 0 Å². The monoisotopic (exact) mass is 206 g/mol. The van der Waals surface area contributed by atoms with Gasteiger partial charge in [0.1, 0.15) is 5.75 Å². The largest absolute Gasteiger partial charge is 0.497 e. The molecule has 0 bridgehead atoms. The van der Waals surface area contributed by atoms with Crippen molar-refractivity contribution < 1.29 is 4.74 Å². The number of methoxy groups -OCH3 is 1. The van der Waals surface area contributed by atoms with Crippen LogP contribution in [0.25, 0.3) is 5.69 Å². The lowest BCUT2D eigenvalue weighted by molar-refractivity contribution is 0.414. The predicted molar refractivity (Wildman–Crippen MR) is 53.3 cm³/mol. The van der Waals surface area contributed by atoms with Crippen molar-refractivity contribution in [2.75, 3.05) is 7.11 Å². The summed E-state index contributed by atoms with van der Waals surface area (Å²) in [6.07, 6.45) is 0. The third-order valence-electron chi connectivity index (χ3n) is 2.10. The van der Waals surface area contributed by atoms with E-state index in [9.17, 15) is 4.79 Å². The minimum atomic E-state index is -0.358. The Morgan fingerprint density at radius 1 is 1.47 bits per heavy atom. The van der Waals surface area contributed by atoms with E-state index in [-0.39, 0.29) is 5.69 Å². The second kappa shape index (κ2) is 3.56. The molecule has 6 nitrogen and oxygen atoms in total. The Labute approximate surface area is 85.5 Å². The fraction of sp³-hybridized carbons (Fsp3) is 0.222. The van der Waals surface area contributed by atoms with Crippen LogP contribution >= 0.6 is 0 Å². The van der Waals surface area contributed by atoms with E-state index in [4.69, 9.17) is 4.74 Å². The molecule has 0 aliphatic heterocycles. The fourth-order valence-electron chi connectivity index (χ4n) is 1.35. The molecule has 0 atom stereocenters. The fourth-order valence-corrected chi connectivity index (χ4v) is 1.35. The molecule has 15 heavy (non-hydrogen) atoms. The maximum Gasteiger partial charge on any atom is 0.365 e. The molecule has 0 amide bonds. The van der Waals surface area contributed by atoms with Crippen molar-refractivity contribution in [2.24, 2.45) is 0 Å². The van der Waals surface area contributed by atoms with Gasteiger partial charge in [0.2, 0.25) is 0 Å². The number of nitrogens with zero attached hydrogens (tertiary/aromatic N) is 3. The van der Waals surface area contributed by atoms with E-state index in [2.05, 4.69) is 15.5 Å². The predicted octanol–water partition coefficient (Wildman–Crippen LogP) is 0.273. The SMILES string of the molecule is COc1ccc(-n2nn[nH]c2=O)c(C)c1. The third-order valence-corrected chi connectivity index (χ3v) is 2.10. The lowest BCUT2D eigenvalue weighted by Gasteiger charge is -2.05. The second-order valence-electron chi connectivity index (χ2n) is 3.07. The number of hydrogen-bond donors (Lipinski definition) is 1. The van der Waals surface area contributed by atoms with Crippen LogP contribution in [0.1, 0.15) is 5.56 Å². The first-order valence-electron chi connectivity index (χ1n) is 4.38. The van der Waals surface area contributed by atoms with Crippen LogP contribution in [0.4, 0.5) is 0 Å². The van der Waals surface area contributed by atoms with Crippen LogP contribution < -0.4 is 10.4 Å². The van der Waals surface area contributed by atoms with Gasteiger partial charge in [0, 0.05) is 0 Å². The van der Waals surface area contributed by atoms with Crippen molar-refractivity contribution in [3.05, 3.63) is 34.2 Å². The second-order valence-corrected chi connectivity index (χ2v) is 3.07. The first-order valence-corrected chi connectivity index (χ1v) is 4.38. The smallest absolute Gasteiger partial charge is 0.365 e. The van der Waals surface area contributed by atoms with Gasteiger partial charge in [-0.25, -0.2) is 9.89 Å². The van der Waals surface area contributed by atoms with Crippen molar-refractivity contribution in [3.8, 4) is 11.4 Å². The summed E-state index contributed by atoms with van der Waals surface area (Å²) >= 11 is 0. The molecule has 2 aromatic rings. The molecule has 1 N–H and O–H groups in total. The quantitative estimate of drug-likeness (QED) is 0.765. The van der Waals surface area contributed by atoms with Crippen molar-refractivity contribution >= 4 is 0 Å². The standard InChI is InChI=1S/C9H10N4O2/c1-6-5-7(15-2)3-4-8(6)13-9(14)10-11-12-13/h3-5H,1-2H3,(H,10,12,14). The number of tetrazole rings is 1. The summed E-state index contributed by atoms with van der Waals surface area (Å²) in [5, 5.41) is 9.32. The van der Waals surface area contributed by atoms with Crippen LogP contribution in [0.5, 0.6) is 5.75 Å². The topological polar surface area (TPSA) is 72.8 Å². The van der Waals surface area contributed by atoms with Gasteiger partial charge in [0.15, 0.2) is 0 Å². The Balaban J connectivity index is 2.55. The van der Waals surface area contributed by atoms with Crippen molar-refractivity contribution in [1.82, 2.24) is 20.2 Å². The number of aryl methyl sites for hydroxylation is 1. The van der Waals surface area contributed by atoms with Gasteiger partial charge < -0.3 is 4.74 Å². The minimum Gasteiger partial charge on any atom is -0.497 e.